The van der Waals surface area contributed by atoms with E-state index in [-0.39, 0.29) is 11.7 Å². The van der Waals surface area contributed by atoms with Crippen molar-refractivity contribution in [1.82, 2.24) is 4.98 Å². The predicted octanol–water partition coefficient (Wildman–Crippen LogP) is 2.21. The first-order chi connectivity index (χ1) is 5.52. The molecule has 0 amide bonds. The van der Waals surface area contributed by atoms with Crippen LogP contribution >= 0.6 is 0 Å². The van der Waals surface area contributed by atoms with Crippen molar-refractivity contribution in [2.24, 2.45) is 0 Å². The minimum atomic E-state index is -0.345. The van der Waals surface area contributed by atoms with Crippen LogP contribution in [0.4, 0.5) is 0 Å². The molecule has 0 aliphatic rings. The summed E-state index contributed by atoms with van der Waals surface area (Å²) in [4.78, 5) is 13.6. The SMILES string of the molecule is CC(C)c1[nH]c(=O)oc1C(C)C. The van der Waals surface area contributed by atoms with Gasteiger partial charge >= 0.3 is 5.76 Å². The van der Waals surface area contributed by atoms with Gasteiger partial charge in [-0.1, -0.05) is 27.7 Å². The van der Waals surface area contributed by atoms with Gasteiger partial charge in [0.2, 0.25) is 0 Å². The minimum absolute atomic E-state index is 0.265. The summed E-state index contributed by atoms with van der Waals surface area (Å²) in [6.45, 7) is 8.09. The highest BCUT2D eigenvalue weighted by Crippen LogP contribution is 2.22. The second-order valence-corrected chi connectivity index (χ2v) is 3.60. The quantitative estimate of drug-likeness (QED) is 0.737. The topological polar surface area (TPSA) is 46.0 Å². The van der Waals surface area contributed by atoms with E-state index in [0.29, 0.717) is 5.92 Å². The van der Waals surface area contributed by atoms with Gasteiger partial charge in [-0.15, -0.1) is 0 Å². The molecular weight excluding hydrogens is 154 g/mol. The second kappa shape index (κ2) is 3.17. The summed E-state index contributed by atoms with van der Waals surface area (Å²) in [5.74, 6) is 1.02. The molecule has 68 valence electrons. The number of aromatic nitrogens is 1. The average Bonchev–Trinajstić information content (AvgIpc) is 2.31. The molecular formula is C9H15NO2. The standard InChI is InChI=1S/C9H15NO2/c1-5(2)7-8(6(3)4)12-9(11)10-7/h5-6H,1-4H3,(H,10,11). The van der Waals surface area contributed by atoms with Gasteiger partial charge in [0, 0.05) is 5.92 Å². The highest BCUT2D eigenvalue weighted by molar-refractivity contribution is 5.14. The number of rotatable bonds is 2. The van der Waals surface area contributed by atoms with Crippen molar-refractivity contribution in [2.45, 2.75) is 39.5 Å². The molecule has 0 spiro atoms. The Labute approximate surface area is 71.8 Å². The lowest BCUT2D eigenvalue weighted by Gasteiger charge is -2.05. The third-order valence-electron chi connectivity index (χ3n) is 1.81. The van der Waals surface area contributed by atoms with Crippen molar-refractivity contribution in [3.8, 4) is 0 Å². The second-order valence-electron chi connectivity index (χ2n) is 3.60. The van der Waals surface area contributed by atoms with Gasteiger partial charge in [0.05, 0.1) is 5.69 Å². The third kappa shape index (κ3) is 1.60. The largest absolute Gasteiger partial charge is 0.416 e. The van der Waals surface area contributed by atoms with E-state index in [0.717, 1.165) is 11.5 Å². The fraction of sp³-hybridized carbons (Fsp3) is 0.667. The molecule has 0 radical (unpaired) electrons. The lowest BCUT2D eigenvalue weighted by atomic mass is 10.0. The number of oxazole rings is 1. The minimum Gasteiger partial charge on any atom is -0.412 e. The highest BCUT2D eigenvalue weighted by Gasteiger charge is 2.15. The maximum atomic E-state index is 10.9. The molecule has 3 nitrogen and oxygen atoms in total. The Kier molecular flexibility index (Phi) is 2.40. The normalized spacial score (nSPS) is 11.5. The molecule has 3 heteroatoms. The van der Waals surface area contributed by atoms with E-state index in [1.54, 1.807) is 0 Å². The summed E-state index contributed by atoms with van der Waals surface area (Å²) >= 11 is 0. The zero-order valence-electron chi connectivity index (χ0n) is 7.97. The van der Waals surface area contributed by atoms with Crippen LogP contribution in [0.15, 0.2) is 9.21 Å². The van der Waals surface area contributed by atoms with E-state index in [1.807, 2.05) is 27.7 Å². The first kappa shape index (κ1) is 9.10. The zero-order valence-corrected chi connectivity index (χ0v) is 7.97. The molecule has 0 bridgehead atoms. The number of aromatic amines is 1. The van der Waals surface area contributed by atoms with Gasteiger partial charge in [0.25, 0.3) is 0 Å². The van der Waals surface area contributed by atoms with Crippen LogP contribution in [0.5, 0.6) is 0 Å². The van der Waals surface area contributed by atoms with E-state index >= 15 is 0 Å². The molecule has 0 atom stereocenters. The summed E-state index contributed by atoms with van der Waals surface area (Å²) in [6.07, 6.45) is 0. The smallest absolute Gasteiger partial charge is 0.412 e. The number of nitrogens with one attached hydrogen (secondary N) is 1. The van der Waals surface area contributed by atoms with E-state index in [4.69, 9.17) is 4.42 Å². The van der Waals surface area contributed by atoms with Crippen molar-refractivity contribution < 1.29 is 4.42 Å². The monoisotopic (exact) mass is 169 g/mol. The van der Waals surface area contributed by atoms with Crippen molar-refractivity contribution in [3.05, 3.63) is 22.0 Å². The van der Waals surface area contributed by atoms with E-state index in [9.17, 15) is 4.79 Å². The van der Waals surface area contributed by atoms with Crippen LogP contribution in [-0.4, -0.2) is 4.98 Å². The van der Waals surface area contributed by atoms with Crippen LogP contribution < -0.4 is 5.76 Å². The summed E-state index contributed by atoms with van der Waals surface area (Å²) in [5, 5.41) is 0. The summed E-state index contributed by atoms with van der Waals surface area (Å²) < 4.78 is 5.03. The molecule has 1 aromatic heterocycles. The first-order valence-corrected chi connectivity index (χ1v) is 4.25. The van der Waals surface area contributed by atoms with Crippen molar-refractivity contribution in [1.29, 1.82) is 0 Å². The van der Waals surface area contributed by atoms with Crippen LogP contribution in [0, 0.1) is 0 Å². The van der Waals surface area contributed by atoms with Gasteiger partial charge in [-0.2, -0.15) is 0 Å². The van der Waals surface area contributed by atoms with Gasteiger partial charge in [-0.05, 0) is 5.92 Å². The Morgan fingerprint density at radius 1 is 1.17 bits per heavy atom. The van der Waals surface area contributed by atoms with Crippen LogP contribution in [0.1, 0.15) is 51.0 Å². The Balaban J connectivity index is 3.17. The van der Waals surface area contributed by atoms with Crippen molar-refractivity contribution in [3.63, 3.8) is 0 Å². The van der Waals surface area contributed by atoms with E-state index < -0.39 is 0 Å². The number of hydrogen-bond acceptors (Lipinski definition) is 2. The molecule has 1 N–H and O–H groups in total. The van der Waals surface area contributed by atoms with Gasteiger partial charge in [-0.3, -0.25) is 4.98 Å². The maximum Gasteiger partial charge on any atom is 0.416 e. The molecule has 0 aliphatic heterocycles. The summed E-state index contributed by atoms with van der Waals surface area (Å²) in [6, 6.07) is 0. The fourth-order valence-corrected chi connectivity index (χ4v) is 1.21. The van der Waals surface area contributed by atoms with E-state index in [2.05, 4.69) is 4.98 Å². The molecule has 0 saturated heterocycles. The van der Waals surface area contributed by atoms with Crippen molar-refractivity contribution in [2.75, 3.05) is 0 Å². The third-order valence-corrected chi connectivity index (χ3v) is 1.81. The van der Waals surface area contributed by atoms with Crippen LogP contribution in [0.3, 0.4) is 0 Å². The van der Waals surface area contributed by atoms with Gasteiger partial charge in [0.1, 0.15) is 5.76 Å². The number of H-pyrrole nitrogens is 1. The Morgan fingerprint density at radius 3 is 2.08 bits per heavy atom. The molecule has 12 heavy (non-hydrogen) atoms. The summed E-state index contributed by atoms with van der Waals surface area (Å²) in [7, 11) is 0. The molecule has 0 fully saturated rings. The lowest BCUT2D eigenvalue weighted by Crippen LogP contribution is -1.98. The predicted molar refractivity (Wildman–Crippen MR) is 47.5 cm³/mol. The first-order valence-electron chi connectivity index (χ1n) is 4.25. The summed E-state index contributed by atoms with van der Waals surface area (Å²) in [5.41, 5.74) is 0.926. The van der Waals surface area contributed by atoms with Crippen molar-refractivity contribution >= 4 is 0 Å². The molecule has 1 rings (SSSR count). The lowest BCUT2D eigenvalue weighted by molar-refractivity contribution is 0.447. The van der Waals surface area contributed by atoms with Crippen LogP contribution in [0.25, 0.3) is 0 Å². The van der Waals surface area contributed by atoms with E-state index in [1.165, 1.54) is 0 Å². The van der Waals surface area contributed by atoms with Gasteiger partial charge < -0.3 is 4.42 Å². The Bertz CT molecular complexity index is 278. The number of hydrogen-bond donors (Lipinski definition) is 1. The molecule has 1 aromatic rings. The average molecular weight is 169 g/mol. The Morgan fingerprint density at radius 2 is 1.75 bits per heavy atom. The molecule has 0 aliphatic carbocycles. The van der Waals surface area contributed by atoms with Crippen LogP contribution in [-0.2, 0) is 0 Å². The van der Waals surface area contributed by atoms with Gasteiger partial charge in [0.15, 0.2) is 0 Å². The maximum absolute atomic E-state index is 10.9. The molecule has 0 aromatic carbocycles. The van der Waals surface area contributed by atoms with Crippen LogP contribution in [0.2, 0.25) is 0 Å². The highest BCUT2D eigenvalue weighted by atomic mass is 16.4. The zero-order chi connectivity index (χ0) is 9.30. The molecule has 0 saturated carbocycles. The van der Waals surface area contributed by atoms with Gasteiger partial charge in [-0.25, -0.2) is 4.79 Å². The Hall–Kier alpha value is -0.990. The fourth-order valence-electron chi connectivity index (χ4n) is 1.21. The molecule has 1 heterocycles. The molecule has 0 unspecified atom stereocenters.